The Bertz CT molecular complexity index is 868. The Balaban J connectivity index is 1.92. The number of carbonyl (C=O) groups is 1. The maximum absolute atomic E-state index is 12.3. The standard InChI is InChI=1S/C15H12Cl2N4O/c1-8-13-6-12(7-18-14(13)21(2)20-8)19-15(22)9-3-10(16)5-11(17)4-9/h3-7H,1-2H3,(H,19,22). The zero-order chi connectivity index (χ0) is 15.9. The van der Waals surface area contributed by atoms with E-state index in [0.29, 0.717) is 21.3 Å². The molecule has 1 N–H and O–H groups in total. The third-order valence-electron chi connectivity index (χ3n) is 3.25. The van der Waals surface area contributed by atoms with Crippen LogP contribution in [0, 0.1) is 6.92 Å². The minimum atomic E-state index is -0.299. The van der Waals surface area contributed by atoms with Gasteiger partial charge in [0.1, 0.15) is 0 Å². The number of aromatic nitrogens is 3. The smallest absolute Gasteiger partial charge is 0.255 e. The van der Waals surface area contributed by atoms with Crippen LogP contribution in [0.1, 0.15) is 16.1 Å². The first kappa shape index (κ1) is 14.8. The lowest BCUT2D eigenvalue weighted by molar-refractivity contribution is 0.102. The van der Waals surface area contributed by atoms with Gasteiger partial charge in [-0.2, -0.15) is 5.10 Å². The van der Waals surface area contributed by atoms with Crippen molar-refractivity contribution in [3.05, 3.63) is 51.8 Å². The molecule has 0 atom stereocenters. The van der Waals surface area contributed by atoms with Crippen molar-refractivity contribution in [3.63, 3.8) is 0 Å². The molecule has 1 aromatic carbocycles. The minimum absolute atomic E-state index is 0.299. The van der Waals surface area contributed by atoms with Crippen molar-refractivity contribution in [1.29, 1.82) is 0 Å². The average molecular weight is 335 g/mol. The lowest BCUT2D eigenvalue weighted by atomic mass is 10.2. The third kappa shape index (κ3) is 2.77. The topological polar surface area (TPSA) is 59.8 Å². The molecule has 2 aromatic heterocycles. The number of nitrogens with one attached hydrogen (secondary N) is 1. The molecule has 0 fully saturated rings. The number of rotatable bonds is 2. The Morgan fingerprint density at radius 3 is 2.55 bits per heavy atom. The number of nitrogens with zero attached hydrogens (tertiary/aromatic N) is 3. The van der Waals surface area contributed by atoms with Crippen LogP contribution >= 0.6 is 23.2 Å². The first-order valence-electron chi connectivity index (χ1n) is 6.51. The van der Waals surface area contributed by atoms with Gasteiger partial charge in [-0.3, -0.25) is 9.48 Å². The van der Waals surface area contributed by atoms with Crippen molar-refractivity contribution >= 4 is 45.8 Å². The minimum Gasteiger partial charge on any atom is -0.321 e. The lowest BCUT2D eigenvalue weighted by Crippen LogP contribution is -2.12. The van der Waals surface area contributed by atoms with Crippen molar-refractivity contribution < 1.29 is 4.79 Å². The molecule has 112 valence electrons. The fraction of sp³-hybridized carbons (Fsp3) is 0.133. The van der Waals surface area contributed by atoms with Gasteiger partial charge >= 0.3 is 0 Å². The van der Waals surface area contributed by atoms with Crippen molar-refractivity contribution in [3.8, 4) is 0 Å². The Hall–Kier alpha value is -2.11. The SMILES string of the molecule is Cc1nn(C)c2ncc(NC(=O)c3cc(Cl)cc(Cl)c3)cc12. The van der Waals surface area contributed by atoms with Crippen molar-refractivity contribution in [2.24, 2.45) is 7.05 Å². The normalized spacial score (nSPS) is 10.9. The summed E-state index contributed by atoms with van der Waals surface area (Å²) in [5.41, 5.74) is 2.60. The van der Waals surface area contributed by atoms with Crippen molar-refractivity contribution in [2.45, 2.75) is 6.92 Å². The van der Waals surface area contributed by atoms with Crippen LogP contribution in [0.15, 0.2) is 30.5 Å². The van der Waals surface area contributed by atoms with E-state index < -0.39 is 0 Å². The van der Waals surface area contributed by atoms with E-state index in [-0.39, 0.29) is 5.91 Å². The molecule has 3 rings (SSSR count). The fourth-order valence-corrected chi connectivity index (χ4v) is 2.79. The number of pyridine rings is 1. The maximum Gasteiger partial charge on any atom is 0.255 e. The second-order valence-electron chi connectivity index (χ2n) is 4.92. The summed E-state index contributed by atoms with van der Waals surface area (Å²) in [6.07, 6.45) is 1.59. The summed E-state index contributed by atoms with van der Waals surface area (Å²) in [6.45, 7) is 1.90. The number of hydrogen-bond acceptors (Lipinski definition) is 3. The number of benzene rings is 1. The van der Waals surface area contributed by atoms with Gasteiger partial charge in [0.05, 0.1) is 17.6 Å². The van der Waals surface area contributed by atoms with Crippen LogP contribution in [-0.4, -0.2) is 20.7 Å². The van der Waals surface area contributed by atoms with Gasteiger partial charge in [-0.15, -0.1) is 0 Å². The molecule has 0 saturated heterocycles. The summed E-state index contributed by atoms with van der Waals surface area (Å²) in [7, 11) is 1.83. The Labute approximate surface area is 136 Å². The number of hydrogen-bond donors (Lipinski definition) is 1. The summed E-state index contributed by atoms with van der Waals surface area (Å²) < 4.78 is 1.70. The zero-order valence-electron chi connectivity index (χ0n) is 11.9. The van der Waals surface area contributed by atoms with E-state index in [4.69, 9.17) is 23.2 Å². The van der Waals surface area contributed by atoms with E-state index in [1.165, 1.54) is 0 Å². The van der Waals surface area contributed by atoms with Crippen LogP contribution in [0.25, 0.3) is 11.0 Å². The van der Waals surface area contributed by atoms with Crippen molar-refractivity contribution in [1.82, 2.24) is 14.8 Å². The number of carbonyl (C=O) groups excluding carboxylic acids is 1. The molecule has 0 spiro atoms. The highest BCUT2D eigenvalue weighted by Crippen LogP contribution is 2.22. The first-order valence-corrected chi connectivity index (χ1v) is 7.26. The molecule has 5 nitrogen and oxygen atoms in total. The van der Waals surface area contributed by atoms with Gasteiger partial charge in [0.25, 0.3) is 5.91 Å². The molecule has 0 bridgehead atoms. The molecule has 3 aromatic rings. The lowest BCUT2D eigenvalue weighted by Gasteiger charge is -2.06. The fourth-order valence-electron chi connectivity index (χ4n) is 2.26. The molecule has 0 saturated carbocycles. The molecule has 0 aliphatic carbocycles. The summed E-state index contributed by atoms with van der Waals surface area (Å²) >= 11 is 11.8. The third-order valence-corrected chi connectivity index (χ3v) is 3.68. The van der Waals surface area contributed by atoms with Crippen molar-refractivity contribution in [2.75, 3.05) is 5.32 Å². The molecule has 0 unspecified atom stereocenters. The van der Waals surface area contributed by atoms with Gasteiger partial charge in [-0.05, 0) is 31.2 Å². The van der Waals surface area contributed by atoms with E-state index in [2.05, 4.69) is 15.4 Å². The molecular weight excluding hydrogens is 323 g/mol. The zero-order valence-corrected chi connectivity index (χ0v) is 13.4. The second kappa shape index (κ2) is 5.59. The van der Waals surface area contributed by atoms with Gasteiger partial charge < -0.3 is 5.32 Å². The molecule has 7 heteroatoms. The highest BCUT2D eigenvalue weighted by atomic mass is 35.5. The number of fused-ring (bicyclic) bond motifs is 1. The van der Waals surface area contributed by atoms with Crippen LogP contribution in [0.2, 0.25) is 10.0 Å². The van der Waals surface area contributed by atoms with Crippen LogP contribution < -0.4 is 5.32 Å². The molecule has 0 radical (unpaired) electrons. The molecule has 22 heavy (non-hydrogen) atoms. The largest absolute Gasteiger partial charge is 0.321 e. The van der Waals surface area contributed by atoms with Crippen LogP contribution in [0.5, 0.6) is 0 Å². The summed E-state index contributed by atoms with van der Waals surface area (Å²) in [5.74, 6) is -0.299. The van der Waals surface area contributed by atoms with Gasteiger partial charge in [0.2, 0.25) is 0 Å². The first-order chi connectivity index (χ1) is 10.4. The van der Waals surface area contributed by atoms with E-state index in [0.717, 1.165) is 16.7 Å². The quantitative estimate of drug-likeness (QED) is 0.774. The molecule has 2 heterocycles. The summed E-state index contributed by atoms with van der Waals surface area (Å²) in [4.78, 5) is 16.6. The van der Waals surface area contributed by atoms with Gasteiger partial charge in [-0.25, -0.2) is 4.98 Å². The summed E-state index contributed by atoms with van der Waals surface area (Å²) in [5, 5.41) is 8.80. The molecule has 0 aliphatic heterocycles. The molecule has 1 amide bonds. The Morgan fingerprint density at radius 1 is 1.18 bits per heavy atom. The van der Waals surface area contributed by atoms with Crippen LogP contribution in [0.4, 0.5) is 5.69 Å². The van der Waals surface area contributed by atoms with E-state index >= 15 is 0 Å². The van der Waals surface area contributed by atoms with Gasteiger partial charge in [0, 0.05) is 28.0 Å². The Morgan fingerprint density at radius 2 is 1.86 bits per heavy atom. The average Bonchev–Trinajstić information content (AvgIpc) is 2.72. The van der Waals surface area contributed by atoms with Crippen LogP contribution in [-0.2, 0) is 7.05 Å². The predicted octanol–water partition coefficient (Wildman–Crippen LogP) is 3.84. The Kier molecular flexibility index (Phi) is 3.76. The van der Waals surface area contributed by atoms with Crippen LogP contribution in [0.3, 0.4) is 0 Å². The number of halogens is 2. The molecule has 0 aliphatic rings. The van der Waals surface area contributed by atoms with E-state index in [1.54, 1.807) is 29.1 Å². The predicted molar refractivity (Wildman–Crippen MR) is 87.7 cm³/mol. The number of amides is 1. The van der Waals surface area contributed by atoms with Gasteiger partial charge in [-0.1, -0.05) is 23.2 Å². The monoisotopic (exact) mass is 334 g/mol. The highest BCUT2D eigenvalue weighted by Gasteiger charge is 2.11. The van der Waals surface area contributed by atoms with E-state index in [1.807, 2.05) is 20.0 Å². The number of anilines is 1. The van der Waals surface area contributed by atoms with Gasteiger partial charge in [0.15, 0.2) is 5.65 Å². The highest BCUT2D eigenvalue weighted by molar-refractivity contribution is 6.35. The summed E-state index contributed by atoms with van der Waals surface area (Å²) in [6, 6.07) is 6.54. The molecular formula is C15H12Cl2N4O. The van der Waals surface area contributed by atoms with E-state index in [9.17, 15) is 4.79 Å². The second-order valence-corrected chi connectivity index (χ2v) is 5.79. The number of aryl methyl sites for hydroxylation is 2. The maximum atomic E-state index is 12.3.